The Morgan fingerprint density at radius 1 is 0.438 bits per heavy atom. The molecule has 7 aromatic carbocycles. The highest BCUT2D eigenvalue weighted by atomic mass is 15.2. The normalized spacial score (nSPS) is 13.5. The zero-order chi connectivity index (χ0) is 31.7. The van der Waals surface area contributed by atoms with Gasteiger partial charge in [0.1, 0.15) is 0 Å². The van der Waals surface area contributed by atoms with Gasteiger partial charge in [0.05, 0.1) is 22.5 Å². The molecule has 2 nitrogen and oxygen atoms in total. The highest BCUT2D eigenvalue weighted by Crippen LogP contribution is 2.63. The van der Waals surface area contributed by atoms with Gasteiger partial charge in [-0.3, -0.25) is 4.98 Å². The molecule has 0 spiro atoms. The molecule has 0 saturated heterocycles. The van der Waals surface area contributed by atoms with Crippen molar-refractivity contribution in [3.8, 4) is 33.5 Å². The molecule has 0 saturated carbocycles. The van der Waals surface area contributed by atoms with Crippen LogP contribution in [0.3, 0.4) is 0 Å². The number of hydrogen-bond donors (Lipinski definition) is 0. The van der Waals surface area contributed by atoms with Crippen molar-refractivity contribution in [2.75, 3.05) is 4.90 Å². The van der Waals surface area contributed by atoms with Gasteiger partial charge in [-0.15, -0.1) is 0 Å². The van der Waals surface area contributed by atoms with Gasteiger partial charge in [0.25, 0.3) is 0 Å². The number of hydrogen-bond acceptors (Lipinski definition) is 2. The third kappa shape index (κ3) is 3.60. The Hall–Kier alpha value is -6.25. The van der Waals surface area contributed by atoms with Gasteiger partial charge in [-0.05, 0) is 69.1 Å². The van der Waals surface area contributed by atoms with E-state index in [1.54, 1.807) is 0 Å². The van der Waals surface area contributed by atoms with Crippen molar-refractivity contribution >= 4 is 27.8 Å². The van der Waals surface area contributed by atoms with Gasteiger partial charge >= 0.3 is 0 Å². The van der Waals surface area contributed by atoms with Crippen molar-refractivity contribution in [1.82, 2.24) is 4.98 Å². The molecule has 224 valence electrons. The molecule has 2 heteroatoms. The van der Waals surface area contributed by atoms with Crippen LogP contribution in [0.5, 0.6) is 0 Å². The molecule has 0 fully saturated rings. The SMILES string of the molecule is c1ccc(N2c3c(ccc4c3-c3ccccc3C4(c3ccccc3)c3ccccc3)-c3ccc(-c4ccccn4)c4cccc2c34)cc1. The van der Waals surface area contributed by atoms with E-state index in [0.29, 0.717) is 0 Å². The summed E-state index contributed by atoms with van der Waals surface area (Å²) in [6.45, 7) is 0. The number of benzene rings is 7. The summed E-state index contributed by atoms with van der Waals surface area (Å²) in [5.41, 5.74) is 15.4. The first-order valence-corrected chi connectivity index (χ1v) is 16.6. The van der Waals surface area contributed by atoms with Crippen LogP contribution in [0.2, 0.25) is 0 Å². The first-order chi connectivity index (χ1) is 23.9. The average molecular weight is 611 g/mol. The molecule has 0 N–H and O–H groups in total. The molecule has 2 aliphatic rings. The summed E-state index contributed by atoms with van der Waals surface area (Å²) in [5, 5.41) is 2.46. The Kier molecular flexibility index (Phi) is 5.82. The third-order valence-electron chi connectivity index (χ3n) is 10.3. The summed E-state index contributed by atoms with van der Waals surface area (Å²) in [6, 6.07) is 64.2. The standard InChI is InChI=1S/C46H30N2/c1-4-15-31(16-5-1)46(32-17-6-2-7-18-32)39-23-11-10-21-38(39)44-40(46)29-28-37-36-27-26-34(41-24-12-13-30-47-41)35-22-14-25-42(43(35)36)48(45(37)44)33-19-8-3-9-20-33/h1-30H. The summed E-state index contributed by atoms with van der Waals surface area (Å²) in [7, 11) is 0. The Balaban J connectivity index is 1.36. The van der Waals surface area contributed by atoms with Crippen LogP contribution in [-0.2, 0) is 5.41 Å². The van der Waals surface area contributed by atoms with Crippen LogP contribution in [0.15, 0.2) is 182 Å². The van der Waals surface area contributed by atoms with Crippen LogP contribution < -0.4 is 4.90 Å². The van der Waals surface area contributed by atoms with E-state index in [-0.39, 0.29) is 0 Å². The van der Waals surface area contributed by atoms with E-state index in [9.17, 15) is 0 Å². The number of para-hydroxylation sites is 1. The van der Waals surface area contributed by atoms with E-state index in [1.165, 1.54) is 66.7 Å². The monoisotopic (exact) mass is 610 g/mol. The van der Waals surface area contributed by atoms with Crippen LogP contribution in [-0.4, -0.2) is 4.98 Å². The van der Waals surface area contributed by atoms with Crippen molar-refractivity contribution < 1.29 is 0 Å². The average Bonchev–Trinajstić information content (AvgIpc) is 3.48. The second-order valence-corrected chi connectivity index (χ2v) is 12.7. The first kappa shape index (κ1) is 26.9. The summed E-state index contributed by atoms with van der Waals surface area (Å²) in [5.74, 6) is 0. The second-order valence-electron chi connectivity index (χ2n) is 12.7. The minimum Gasteiger partial charge on any atom is -0.309 e. The Labute approximate surface area is 280 Å². The molecule has 10 rings (SSSR count). The van der Waals surface area contributed by atoms with Crippen LogP contribution in [0, 0.1) is 0 Å². The Morgan fingerprint density at radius 3 is 1.81 bits per heavy atom. The topological polar surface area (TPSA) is 16.1 Å². The van der Waals surface area contributed by atoms with Crippen LogP contribution in [0.1, 0.15) is 22.3 Å². The van der Waals surface area contributed by atoms with E-state index in [2.05, 4.69) is 175 Å². The number of pyridine rings is 1. The van der Waals surface area contributed by atoms with Crippen molar-refractivity contribution in [2.24, 2.45) is 0 Å². The highest BCUT2D eigenvalue weighted by molar-refractivity contribution is 6.19. The molecule has 48 heavy (non-hydrogen) atoms. The lowest BCUT2D eigenvalue weighted by molar-refractivity contribution is 0.768. The number of rotatable bonds is 4. The quantitative estimate of drug-likeness (QED) is 0.197. The predicted molar refractivity (Wildman–Crippen MR) is 198 cm³/mol. The fourth-order valence-electron chi connectivity index (χ4n) is 8.47. The maximum absolute atomic E-state index is 4.76. The minimum absolute atomic E-state index is 0.471. The van der Waals surface area contributed by atoms with Gasteiger partial charge in [-0.1, -0.05) is 146 Å². The van der Waals surface area contributed by atoms with E-state index in [4.69, 9.17) is 4.98 Å². The van der Waals surface area contributed by atoms with Crippen molar-refractivity contribution in [3.63, 3.8) is 0 Å². The lowest BCUT2D eigenvalue weighted by Crippen LogP contribution is -2.28. The smallest absolute Gasteiger partial charge is 0.0714 e. The molecule has 1 aliphatic carbocycles. The number of fused-ring (bicyclic) bond motifs is 6. The lowest BCUT2D eigenvalue weighted by atomic mass is 9.67. The van der Waals surface area contributed by atoms with Gasteiger partial charge in [-0.2, -0.15) is 0 Å². The molecule has 0 amide bonds. The van der Waals surface area contributed by atoms with Crippen LogP contribution >= 0.6 is 0 Å². The van der Waals surface area contributed by atoms with Gasteiger partial charge in [0.15, 0.2) is 0 Å². The molecule has 8 aromatic rings. The van der Waals surface area contributed by atoms with Crippen LogP contribution in [0.25, 0.3) is 44.3 Å². The summed E-state index contributed by atoms with van der Waals surface area (Å²) in [6.07, 6.45) is 1.88. The molecule has 0 bridgehead atoms. The van der Waals surface area contributed by atoms with E-state index >= 15 is 0 Å². The van der Waals surface area contributed by atoms with Gasteiger partial charge < -0.3 is 4.90 Å². The third-order valence-corrected chi connectivity index (χ3v) is 10.3. The Bertz CT molecular complexity index is 2450. The van der Waals surface area contributed by atoms with Crippen molar-refractivity contribution in [2.45, 2.75) is 5.41 Å². The van der Waals surface area contributed by atoms with E-state index in [1.807, 2.05) is 12.3 Å². The number of aromatic nitrogens is 1. The summed E-state index contributed by atoms with van der Waals surface area (Å²) >= 11 is 0. The fourth-order valence-corrected chi connectivity index (χ4v) is 8.47. The highest BCUT2D eigenvalue weighted by Gasteiger charge is 2.48. The number of nitrogens with zero attached hydrogens (tertiary/aromatic N) is 2. The van der Waals surface area contributed by atoms with Crippen molar-refractivity contribution in [1.29, 1.82) is 0 Å². The predicted octanol–water partition coefficient (Wildman–Crippen LogP) is 11.7. The zero-order valence-corrected chi connectivity index (χ0v) is 26.2. The molecule has 2 heterocycles. The summed E-state index contributed by atoms with van der Waals surface area (Å²) < 4.78 is 0. The van der Waals surface area contributed by atoms with Crippen LogP contribution in [0.4, 0.5) is 17.1 Å². The second kappa shape index (κ2) is 10.4. The lowest BCUT2D eigenvalue weighted by Gasteiger charge is -2.37. The maximum Gasteiger partial charge on any atom is 0.0714 e. The Morgan fingerprint density at radius 2 is 1.08 bits per heavy atom. The zero-order valence-electron chi connectivity index (χ0n) is 26.2. The van der Waals surface area contributed by atoms with E-state index in [0.717, 1.165) is 16.9 Å². The first-order valence-electron chi connectivity index (χ1n) is 16.6. The largest absolute Gasteiger partial charge is 0.309 e. The van der Waals surface area contributed by atoms with Crippen molar-refractivity contribution in [3.05, 3.63) is 204 Å². The molecule has 0 radical (unpaired) electrons. The van der Waals surface area contributed by atoms with E-state index < -0.39 is 5.41 Å². The maximum atomic E-state index is 4.76. The molecule has 0 unspecified atom stereocenters. The fraction of sp³-hybridized carbons (Fsp3) is 0.0217. The van der Waals surface area contributed by atoms with Gasteiger partial charge in [0, 0.05) is 34.0 Å². The van der Waals surface area contributed by atoms with Gasteiger partial charge in [0.2, 0.25) is 0 Å². The summed E-state index contributed by atoms with van der Waals surface area (Å²) in [4.78, 5) is 7.26. The van der Waals surface area contributed by atoms with Gasteiger partial charge in [-0.25, -0.2) is 0 Å². The molecular formula is C46H30N2. The number of anilines is 3. The molecule has 1 aromatic heterocycles. The minimum atomic E-state index is -0.471. The molecule has 0 atom stereocenters. The molecule has 1 aliphatic heterocycles. The molecular weight excluding hydrogens is 581 g/mol.